The molecule has 3 heterocycles. The van der Waals surface area contributed by atoms with Gasteiger partial charge in [0.15, 0.2) is 4.80 Å². The van der Waals surface area contributed by atoms with E-state index in [0.717, 1.165) is 22.6 Å². The van der Waals surface area contributed by atoms with Gasteiger partial charge in [-0.25, -0.2) is 14.6 Å². The fraction of sp³-hybridized carbons (Fsp3) is 0.273. The first kappa shape index (κ1) is 29.8. The third kappa shape index (κ3) is 5.46. The van der Waals surface area contributed by atoms with E-state index >= 15 is 0 Å². The predicted octanol–water partition coefficient (Wildman–Crippen LogP) is 4.39. The fourth-order valence-electron chi connectivity index (χ4n) is 5.41. The van der Waals surface area contributed by atoms with Crippen molar-refractivity contribution < 1.29 is 23.8 Å². The van der Waals surface area contributed by atoms with Gasteiger partial charge in [-0.3, -0.25) is 9.36 Å². The third-order valence-electron chi connectivity index (χ3n) is 7.34. The molecule has 2 aromatic carbocycles. The van der Waals surface area contributed by atoms with Crippen LogP contribution in [0.15, 0.2) is 75.7 Å². The van der Waals surface area contributed by atoms with Crippen LogP contribution in [0.4, 0.5) is 0 Å². The van der Waals surface area contributed by atoms with E-state index in [0.29, 0.717) is 44.1 Å². The predicted molar refractivity (Wildman–Crippen MR) is 165 cm³/mol. The van der Waals surface area contributed by atoms with Crippen molar-refractivity contribution in [2.75, 3.05) is 20.3 Å². The summed E-state index contributed by atoms with van der Waals surface area (Å²) in [6.45, 7) is 9.75. The fourth-order valence-corrected chi connectivity index (χ4v) is 6.45. The average molecular weight is 600 g/mol. The summed E-state index contributed by atoms with van der Waals surface area (Å²) in [5.74, 6) is -0.332. The van der Waals surface area contributed by atoms with Gasteiger partial charge in [0.25, 0.3) is 5.56 Å². The molecule has 1 aliphatic rings. The summed E-state index contributed by atoms with van der Waals surface area (Å²) >= 11 is 1.27. The summed E-state index contributed by atoms with van der Waals surface area (Å²) in [7, 11) is 1.56. The van der Waals surface area contributed by atoms with Gasteiger partial charge in [0, 0.05) is 22.6 Å². The van der Waals surface area contributed by atoms with Gasteiger partial charge in [-0.2, -0.15) is 0 Å². The molecule has 1 atom stereocenters. The van der Waals surface area contributed by atoms with E-state index in [1.54, 1.807) is 50.6 Å². The van der Waals surface area contributed by atoms with Crippen molar-refractivity contribution in [3.8, 4) is 11.4 Å². The first-order valence-electron chi connectivity index (χ1n) is 14.0. The highest BCUT2D eigenvalue weighted by Crippen LogP contribution is 2.35. The molecule has 0 spiro atoms. The molecular formula is C33H33N3O6S. The van der Waals surface area contributed by atoms with Crippen LogP contribution in [0.2, 0.25) is 0 Å². The summed E-state index contributed by atoms with van der Waals surface area (Å²) in [6, 6.07) is 15.8. The van der Waals surface area contributed by atoms with Crippen molar-refractivity contribution in [2.24, 2.45) is 4.99 Å². The Bertz CT molecular complexity index is 1930. The van der Waals surface area contributed by atoms with Gasteiger partial charge >= 0.3 is 11.9 Å². The molecule has 2 aromatic heterocycles. The van der Waals surface area contributed by atoms with Crippen LogP contribution in [-0.4, -0.2) is 41.4 Å². The lowest BCUT2D eigenvalue weighted by Crippen LogP contribution is -2.40. The number of fused-ring (bicyclic) bond motifs is 1. The SMILES string of the molecule is CCOC(=O)C1=C(C)N=c2s/c(=C/c3cc(C)n(-c4ccc(C(=O)OCC)cc4)c3C)c(=O)n2[C@H]1c1ccccc1OC. The molecule has 4 aromatic rings. The normalized spacial score (nSPS) is 14.7. The van der Waals surface area contributed by atoms with E-state index in [2.05, 4.69) is 9.56 Å². The molecule has 0 bridgehead atoms. The number of thiazole rings is 1. The molecule has 1 aliphatic heterocycles. The molecule has 0 unspecified atom stereocenters. The zero-order chi connectivity index (χ0) is 30.8. The number of carbonyl (C=O) groups excluding carboxylic acids is 2. The number of methoxy groups -OCH3 is 1. The van der Waals surface area contributed by atoms with E-state index in [1.165, 1.54) is 11.3 Å². The molecule has 0 fully saturated rings. The second-order valence-corrected chi connectivity index (χ2v) is 11.0. The smallest absolute Gasteiger partial charge is 0.338 e. The van der Waals surface area contributed by atoms with Crippen LogP contribution in [0.3, 0.4) is 0 Å². The Labute approximate surface area is 253 Å². The van der Waals surface area contributed by atoms with Crippen LogP contribution >= 0.6 is 11.3 Å². The first-order valence-corrected chi connectivity index (χ1v) is 14.8. The number of benzene rings is 2. The Balaban J connectivity index is 1.63. The number of nitrogens with zero attached hydrogens (tertiary/aromatic N) is 3. The zero-order valence-corrected chi connectivity index (χ0v) is 25.8. The summed E-state index contributed by atoms with van der Waals surface area (Å²) in [4.78, 5) is 44.5. The highest BCUT2D eigenvalue weighted by molar-refractivity contribution is 7.07. The van der Waals surface area contributed by atoms with Crippen LogP contribution in [-0.2, 0) is 14.3 Å². The molecule has 0 N–H and O–H groups in total. The summed E-state index contributed by atoms with van der Waals surface area (Å²) in [5, 5.41) is 0. The van der Waals surface area contributed by atoms with Gasteiger partial charge in [0.2, 0.25) is 0 Å². The van der Waals surface area contributed by atoms with Gasteiger partial charge in [-0.15, -0.1) is 0 Å². The van der Waals surface area contributed by atoms with Gasteiger partial charge in [0.05, 0.1) is 41.7 Å². The number of carbonyl (C=O) groups is 2. The van der Waals surface area contributed by atoms with Crippen molar-refractivity contribution in [3.05, 3.63) is 114 Å². The Morgan fingerprint density at radius 2 is 1.65 bits per heavy atom. The van der Waals surface area contributed by atoms with E-state index < -0.39 is 12.0 Å². The maximum absolute atomic E-state index is 14.1. The topological polar surface area (TPSA) is 101 Å². The Morgan fingerprint density at radius 3 is 2.33 bits per heavy atom. The molecule has 0 saturated carbocycles. The maximum Gasteiger partial charge on any atom is 0.338 e. The van der Waals surface area contributed by atoms with Crippen LogP contribution < -0.4 is 19.6 Å². The van der Waals surface area contributed by atoms with Crippen LogP contribution in [0.1, 0.15) is 59.7 Å². The number of aryl methyl sites for hydroxylation is 1. The van der Waals surface area contributed by atoms with Crippen molar-refractivity contribution in [3.63, 3.8) is 0 Å². The van der Waals surface area contributed by atoms with Crippen LogP contribution in [0, 0.1) is 13.8 Å². The maximum atomic E-state index is 14.1. The quantitative estimate of drug-likeness (QED) is 0.279. The lowest BCUT2D eigenvalue weighted by molar-refractivity contribution is -0.139. The van der Waals surface area contributed by atoms with Crippen molar-refractivity contribution in [2.45, 2.75) is 40.7 Å². The largest absolute Gasteiger partial charge is 0.496 e. The highest BCUT2D eigenvalue weighted by atomic mass is 32.1. The minimum atomic E-state index is -0.765. The average Bonchev–Trinajstić information content (AvgIpc) is 3.45. The monoisotopic (exact) mass is 599 g/mol. The van der Waals surface area contributed by atoms with Gasteiger partial charge in [0.1, 0.15) is 11.8 Å². The minimum Gasteiger partial charge on any atom is -0.496 e. The molecule has 0 saturated heterocycles. The molecule has 222 valence electrons. The molecule has 5 rings (SSSR count). The molecule has 0 radical (unpaired) electrons. The summed E-state index contributed by atoms with van der Waals surface area (Å²) < 4.78 is 20.2. The number of esters is 2. The Hall–Kier alpha value is -4.70. The van der Waals surface area contributed by atoms with Gasteiger partial charge < -0.3 is 18.8 Å². The summed E-state index contributed by atoms with van der Waals surface area (Å²) in [6.07, 6.45) is 1.86. The number of hydrogen-bond acceptors (Lipinski definition) is 8. The molecular weight excluding hydrogens is 566 g/mol. The summed E-state index contributed by atoms with van der Waals surface area (Å²) in [5.41, 5.74) is 5.32. The Morgan fingerprint density at radius 1 is 0.977 bits per heavy atom. The van der Waals surface area contributed by atoms with E-state index in [-0.39, 0.29) is 18.1 Å². The minimum absolute atomic E-state index is 0.194. The number of allylic oxidation sites excluding steroid dienone is 1. The highest BCUT2D eigenvalue weighted by Gasteiger charge is 2.35. The van der Waals surface area contributed by atoms with Crippen molar-refractivity contribution in [1.82, 2.24) is 9.13 Å². The number of hydrogen-bond donors (Lipinski definition) is 0. The van der Waals surface area contributed by atoms with E-state index in [1.807, 2.05) is 56.3 Å². The zero-order valence-electron chi connectivity index (χ0n) is 25.0. The molecule has 9 nitrogen and oxygen atoms in total. The Kier molecular flexibility index (Phi) is 8.50. The first-order chi connectivity index (χ1) is 20.7. The molecule has 43 heavy (non-hydrogen) atoms. The number of para-hydroxylation sites is 1. The number of rotatable bonds is 8. The van der Waals surface area contributed by atoms with Gasteiger partial charge in [-0.1, -0.05) is 29.5 Å². The van der Waals surface area contributed by atoms with Crippen LogP contribution in [0.5, 0.6) is 5.75 Å². The van der Waals surface area contributed by atoms with Crippen molar-refractivity contribution in [1.29, 1.82) is 0 Å². The van der Waals surface area contributed by atoms with Crippen molar-refractivity contribution >= 4 is 29.4 Å². The number of ether oxygens (including phenoxy) is 3. The lowest BCUT2D eigenvalue weighted by Gasteiger charge is -2.25. The van der Waals surface area contributed by atoms with E-state index in [9.17, 15) is 14.4 Å². The molecule has 10 heteroatoms. The standard InChI is InChI=1S/C33H33N3O6S/c1-7-41-31(38)22-13-15-24(16-14-22)35-19(3)17-23(21(35)5)18-27-30(37)36-29(25-11-9-10-12-26(25)40-6)28(32(39)42-8-2)20(4)34-33(36)43-27/h9-18,29H,7-8H2,1-6H3/b27-18+/t29-/m0/s1. The second-order valence-electron chi connectivity index (χ2n) is 9.97. The van der Waals surface area contributed by atoms with Crippen LogP contribution in [0.25, 0.3) is 11.8 Å². The number of aromatic nitrogens is 2. The van der Waals surface area contributed by atoms with Gasteiger partial charge in [-0.05, 0) is 82.7 Å². The molecule has 0 aliphatic carbocycles. The third-order valence-corrected chi connectivity index (χ3v) is 8.33. The lowest BCUT2D eigenvalue weighted by atomic mass is 9.95. The second kappa shape index (κ2) is 12.3. The molecule has 0 amide bonds. The van der Waals surface area contributed by atoms with E-state index in [4.69, 9.17) is 14.2 Å².